The summed E-state index contributed by atoms with van der Waals surface area (Å²) in [5.41, 5.74) is 3.17. The van der Waals surface area contributed by atoms with Crippen molar-refractivity contribution in [3.63, 3.8) is 0 Å². The SMILES string of the molecule is C=CC(=O)Oc1ccc(-c2cc3ccccc3n(C(C)CCC)c2=S)cc1. The van der Waals surface area contributed by atoms with E-state index in [2.05, 4.69) is 49.3 Å². The maximum atomic E-state index is 11.4. The number of esters is 1. The van der Waals surface area contributed by atoms with Gasteiger partial charge < -0.3 is 9.30 Å². The minimum absolute atomic E-state index is 0.320. The molecule has 1 heterocycles. The molecule has 0 N–H and O–H groups in total. The molecule has 0 spiro atoms. The number of carbonyl (C=O) groups excluding carboxylic acids is 1. The summed E-state index contributed by atoms with van der Waals surface area (Å²) in [5, 5.41) is 1.16. The molecule has 138 valence electrons. The van der Waals surface area contributed by atoms with Gasteiger partial charge in [0.2, 0.25) is 0 Å². The largest absolute Gasteiger partial charge is 0.423 e. The number of hydrogen-bond donors (Lipinski definition) is 0. The zero-order valence-electron chi connectivity index (χ0n) is 15.6. The smallest absolute Gasteiger partial charge is 0.335 e. The van der Waals surface area contributed by atoms with Crippen LogP contribution in [0, 0.1) is 4.64 Å². The van der Waals surface area contributed by atoms with Gasteiger partial charge >= 0.3 is 5.97 Å². The molecule has 0 amide bonds. The Hall–Kier alpha value is -2.72. The van der Waals surface area contributed by atoms with Gasteiger partial charge in [0.25, 0.3) is 0 Å². The minimum atomic E-state index is -0.469. The second kappa shape index (κ2) is 8.31. The highest BCUT2D eigenvalue weighted by Gasteiger charge is 2.13. The molecule has 27 heavy (non-hydrogen) atoms. The molecule has 1 aromatic heterocycles. The van der Waals surface area contributed by atoms with Crippen molar-refractivity contribution in [3.8, 4) is 16.9 Å². The molecule has 3 nitrogen and oxygen atoms in total. The highest BCUT2D eigenvalue weighted by atomic mass is 32.1. The van der Waals surface area contributed by atoms with Gasteiger partial charge in [-0.15, -0.1) is 0 Å². The maximum absolute atomic E-state index is 11.4. The minimum Gasteiger partial charge on any atom is -0.423 e. The molecule has 3 rings (SSSR count). The van der Waals surface area contributed by atoms with E-state index in [0.29, 0.717) is 11.8 Å². The topological polar surface area (TPSA) is 31.2 Å². The van der Waals surface area contributed by atoms with Crippen LogP contribution in [0.4, 0.5) is 0 Å². The first-order chi connectivity index (χ1) is 13.0. The molecule has 1 unspecified atom stereocenters. The number of para-hydroxylation sites is 1. The van der Waals surface area contributed by atoms with Crippen LogP contribution in [0.3, 0.4) is 0 Å². The highest BCUT2D eigenvalue weighted by Crippen LogP contribution is 2.31. The number of benzene rings is 2. The van der Waals surface area contributed by atoms with E-state index in [0.717, 1.165) is 45.6 Å². The molecule has 0 saturated heterocycles. The Labute approximate surface area is 164 Å². The van der Waals surface area contributed by atoms with Crippen LogP contribution in [0.15, 0.2) is 67.3 Å². The lowest BCUT2D eigenvalue weighted by Gasteiger charge is -2.21. The molecule has 0 bridgehead atoms. The summed E-state index contributed by atoms with van der Waals surface area (Å²) < 4.78 is 8.24. The molecule has 0 fully saturated rings. The Morgan fingerprint density at radius 2 is 1.93 bits per heavy atom. The second-order valence-electron chi connectivity index (χ2n) is 6.58. The van der Waals surface area contributed by atoms with Crippen molar-refractivity contribution in [2.75, 3.05) is 0 Å². The summed E-state index contributed by atoms with van der Waals surface area (Å²) in [7, 11) is 0. The van der Waals surface area contributed by atoms with Gasteiger partial charge in [-0.3, -0.25) is 0 Å². The normalized spacial score (nSPS) is 11.9. The summed E-state index contributed by atoms with van der Waals surface area (Å²) in [5.74, 6) is 0.0197. The number of aromatic nitrogens is 1. The third-order valence-corrected chi connectivity index (χ3v) is 5.06. The van der Waals surface area contributed by atoms with Crippen molar-refractivity contribution in [2.24, 2.45) is 0 Å². The zero-order chi connectivity index (χ0) is 19.4. The Bertz CT molecular complexity index is 1030. The Morgan fingerprint density at radius 1 is 1.22 bits per heavy atom. The number of pyridine rings is 1. The van der Waals surface area contributed by atoms with Crippen LogP contribution in [0.1, 0.15) is 32.7 Å². The monoisotopic (exact) mass is 377 g/mol. The molecular weight excluding hydrogens is 354 g/mol. The lowest BCUT2D eigenvalue weighted by molar-refractivity contribution is -0.128. The maximum Gasteiger partial charge on any atom is 0.335 e. The first-order valence-electron chi connectivity index (χ1n) is 9.14. The van der Waals surface area contributed by atoms with Gasteiger partial charge in [0, 0.05) is 23.2 Å². The molecule has 2 aromatic carbocycles. The van der Waals surface area contributed by atoms with Crippen LogP contribution >= 0.6 is 12.2 Å². The van der Waals surface area contributed by atoms with Crippen LogP contribution in [0.25, 0.3) is 22.0 Å². The predicted octanol–water partition coefficient (Wildman–Crippen LogP) is 6.49. The standard InChI is InChI=1S/C23H23NO2S/c1-4-8-16(3)24-21-10-7-6-9-18(21)15-20(23(24)27)17-11-13-19(14-12-17)26-22(25)5-2/h5-7,9-16H,2,4,8H2,1,3H3. The third kappa shape index (κ3) is 4.01. The average Bonchev–Trinajstić information content (AvgIpc) is 2.68. The van der Waals surface area contributed by atoms with Crippen molar-refractivity contribution < 1.29 is 9.53 Å². The van der Waals surface area contributed by atoms with Gasteiger partial charge in [-0.25, -0.2) is 4.79 Å². The van der Waals surface area contributed by atoms with E-state index in [9.17, 15) is 4.79 Å². The van der Waals surface area contributed by atoms with E-state index in [-0.39, 0.29) is 0 Å². The number of fused-ring (bicyclic) bond motifs is 1. The van der Waals surface area contributed by atoms with Crippen molar-refractivity contribution in [3.05, 3.63) is 71.9 Å². The summed E-state index contributed by atoms with van der Waals surface area (Å²) >= 11 is 5.88. The van der Waals surface area contributed by atoms with Gasteiger partial charge in [0.1, 0.15) is 10.4 Å². The zero-order valence-corrected chi connectivity index (χ0v) is 16.5. The van der Waals surface area contributed by atoms with Gasteiger partial charge in [-0.2, -0.15) is 0 Å². The average molecular weight is 378 g/mol. The van der Waals surface area contributed by atoms with Gasteiger partial charge in [-0.05, 0) is 48.6 Å². The van der Waals surface area contributed by atoms with E-state index >= 15 is 0 Å². The van der Waals surface area contributed by atoms with Crippen LogP contribution in [-0.2, 0) is 4.79 Å². The lowest BCUT2D eigenvalue weighted by Crippen LogP contribution is -2.09. The number of hydrogen-bond acceptors (Lipinski definition) is 3. The summed E-state index contributed by atoms with van der Waals surface area (Å²) in [4.78, 5) is 11.4. The molecule has 0 aliphatic rings. The quantitative estimate of drug-likeness (QED) is 0.213. The molecule has 0 aliphatic heterocycles. The Kier molecular flexibility index (Phi) is 5.87. The number of carbonyl (C=O) groups is 1. The highest BCUT2D eigenvalue weighted by molar-refractivity contribution is 7.71. The third-order valence-electron chi connectivity index (χ3n) is 4.64. The van der Waals surface area contributed by atoms with Crippen LogP contribution in [0.2, 0.25) is 0 Å². The molecular formula is C23H23NO2S. The van der Waals surface area contributed by atoms with E-state index < -0.39 is 5.97 Å². The van der Waals surface area contributed by atoms with Crippen LogP contribution in [0.5, 0.6) is 5.75 Å². The summed E-state index contributed by atoms with van der Waals surface area (Å²) in [6.07, 6.45) is 3.32. The van der Waals surface area contributed by atoms with Crippen LogP contribution < -0.4 is 4.74 Å². The molecule has 0 radical (unpaired) electrons. The predicted molar refractivity (Wildman–Crippen MR) is 114 cm³/mol. The Morgan fingerprint density at radius 3 is 2.59 bits per heavy atom. The van der Waals surface area contributed by atoms with E-state index in [4.69, 9.17) is 17.0 Å². The van der Waals surface area contributed by atoms with Gasteiger partial charge in [0.15, 0.2) is 0 Å². The second-order valence-corrected chi connectivity index (χ2v) is 6.97. The summed E-state index contributed by atoms with van der Waals surface area (Å²) in [6, 6.07) is 18.2. The van der Waals surface area contributed by atoms with E-state index in [1.54, 1.807) is 12.1 Å². The fourth-order valence-corrected chi connectivity index (χ4v) is 3.79. The first kappa shape index (κ1) is 19.1. The van der Waals surface area contributed by atoms with Crippen molar-refractivity contribution in [2.45, 2.75) is 32.7 Å². The fourth-order valence-electron chi connectivity index (χ4n) is 3.34. The molecule has 1 atom stereocenters. The van der Waals surface area contributed by atoms with E-state index in [1.165, 1.54) is 0 Å². The van der Waals surface area contributed by atoms with Crippen molar-refractivity contribution >= 4 is 29.1 Å². The number of nitrogens with zero attached hydrogens (tertiary/aromatic N) is 1. The number of ether oxygens (including phenoxy) is 1. The summed E-state index contributed by atoms with van der Waals surface area (Å²) in [6.45, 7) is 7.82. The molecule has 3 aromatic rings. The van der Waals surface area contributed by atoms with Crippen molar-refractivity contribution in [1.82, 2.24) is 4.57 Å². The lowest BCUT2D eigenvalue weighted by atomic mass is 10.0. The van der Waals surface area contributed by atoms with Gasteiger partial charge in [0.05, 0.1) is 0 Å². The molecule has 0 saturated carbocycles. The van der Waals surface area contributed by atoms with Crippen molar-refractivity contribution in [1.29, 1.82) is 0 Å². The molecule has 4 heteroatoms. The molecule has 0 aliphatic carbocycles. The van der Waals surface area contributed by atoms with E-state index in [1.807, 2.05) is 18.2 Å². The van der Waals surface area contributed by atoms with Gasteiger partial charge in [-0.1, -0.05) is 62.5 Å². The Balaban J connectivity index is 2.12. The fraction of sp³-hybridized carbons (Fsp3) is 0.217. The van der Waals surface area contributed by atoms with Crippen LogP contribution in [-0.4, -0.2) is 10.5 Å². The number of rotatable bonds is 6. The first-order valence-corrected chi connectivity index (χ1v) is 9.55.